The molecule has 0 spiro atoms. The molecule has 1 atom stereocenters. The van der Waals surface area contributed by atoms with Gasteiger partial charge in [0.1, 0.15) is 12.3 Å². The van der Waals surface area contributed by atoms with E-state index >= 15 is 0 Å². The van der Waals surface area contributed by atoms with Gasteiger partial charge < -0.3 is 14.7 Å². The normalized spacial score (nSPS) is 15.1. The van der Waals surface area contributed by atoms with Crippen molar-refractivity contribution in [2.24, 2.45) is 0 Å². The Balaban J connectivity index is 1.30. The minimum Gasteiger partial charge on any atom is -0.445 e. The minimum atomic E-state index is -1.50. The predicted octanol–water partition coefficient (Wildman–Crippen LogP) is 4.78. The molecule has 1 aliphatic rings. The van der Waals surface area contributed by atoms with Gasteiger partial charge in [0.05, 0.1) is 40.5 Å². The average Bonchev–Trinajstić information content (AvgIpc) is 3.05. The number of fused-ring (bicyclic) bond motifs is 1. The molecule has 1 N–H and O–H groups in total. The van der Waals surface area contributed by atoms with Gasteiger partial charge in [-0.05, 0) is 37.5 Å². The molecular formula is C33H31ClN6O5S. The first-order valence-corrected chi connectivity index (χ1v) is 16.5. The van der Waals surface area contributed by atoms with Crippen LogP contribution in [0.5, 0.6) is 0 Å². The lowest BCUT2D eigenvalue weighted by molar-refractivity contribution is -0.0330. The number of piperidine rings is 1. The number of aryl methyl sites for hydroxylation is 1. The van der Waals surface area contributed by atoms with Crippen molar-refractivity contribution >= 4 is 39.5 Å². The smallest absolute Gasteiger partial charge is 0.410 e. The van der Waals surface area contributed by atoms with Gasteiger partial charge in [-0.1, -0.05) is 54.1 Å². The molecule has 0 saturated carbocycles. The van der Waals surface area contributed by atoms with E-state index in [0.717, 1.165) is 16.8 Å². The van der Waals surface area contributed by atoms with E-state index < -0.39 is 28.1 Å². The Kier molecular flexibility index (Phi) is 8.94. The Labute approximate surface area is 272 Å². The lowest BCUT2D eigenvalue weighted by atomic mass is 9.91. The molecular weight excluding hydrogens is 628 g/mol. The third kappa shape index (κ3) is 6.69. The Morgan fingerprint density at radius 2 is 1.80 bits per heavy atom. The number of likely N-dealkylation sites (tertiary alicyclic amines) is 1. The summed E-state index contributed by atoms with van der Waals surface area (Å²) in [6, 6.07) is 16.3. The minimum absolute atomic E-state index is 0.0676. The first-order chi connectivity index (χ1) is 22.1. The first-order valence-electron chi connectivity index (χ1n) is 14.6. The summed E-state index contributed by atoms with van der Waals surface area (Å²) >= 11 is 6.76. The van der Waals surface area contributed by atoms with Crippen molar-refractivity contribution in [2.75, 3.05) is 19.3 Å². The van der Waals surface area contributed by atoms with Gasteiger partial charge in [0, 0.05) is 58.8 Å². The molecule has 46 heavy (non-hydrogen) atoms. The van der Waals surface area contributed by atoms with Crippen LogP contribution in [0.4, 0.5) is 4.79 Å². The van der Waals surface area contributed by atoms with Gasteiger partial charge in [0.25, 0.3) is 5.56 Å². The Hall–Kier alpha value is -4.52. The number of carbonyl (C=O) groups is 1. The molecule has 6 rings (SSSR count). The number of carbonyl (C=O) groups excluding carboxylic acids is 1. The van der Waals surface area contributed by atoms with Crippen LogP contribution in [-0.4, -0.2) is 69.8 Å². The van der Waals surface area contributed by atoms with E-state index in [4.69, 9.17) is 16.3 Å². The monoisotopic (exact) mass is 658 g/mol. The lowest BCUT2D eigenvalue weighted by Gasteiger charge is -2.38. The topological polar surface area (TPSA) is 140 Å². The van der Waals surface area contributed by atoms with Crippen LogP contribution < -0.4 is 5.56 Å². The van der Waals surface area contributed by atoms with Crippen LogP contribution in [0.3, 0.4) is 0 Å². The number of hydrogen-bond acceptors (Lipinski definition) is 9. The molecule has 1 aliphatic heterocycles. The summed E-state index contributed by atoms with van der Waals surface area (Å²) in [6.45, 7) is 2.37. The maximum Gasteiger partial charge on any atom is 0.410 e. The predicted molar refractivity (Wildman–Crippen MR) is 175 cm³/mol. The number of ether oxygens (including phenoxy) is 1. The van der Waals surface area contributed by atoms with Crippen molar-refractivity contribution in [1.82, 2.24) is 29.4 Å². The van der Waals surface area contributed by atoms with E-state index in [0.29, 0.717) is 27.2 Å². The molecule has 4 heterocycles. The lowest BCUT2D eigenvalue weighted by Crippen LogP contribution is -2.50. The highest BCUT2D eigenvalue weighted by Crippen LogP contribution is 2.32. The van der Waals surface area contributed by atoms with Crippen LogP contribution in [0, 0.1) is 6.92 Å². The van der Waals surface area contributed by atoms with Crippen LogP contribution >= 0.6 is 11.6 Å². The summed E-state index contributed by atoms with van der Waals surface area (Å²) in [6.07, 6.45) is 6.22. The fraction of sp³-hybridized carbons (Fsp3) is 0.273. The van der Waals surface area contributed by atoms with E-state index in [-0.39, 0.29) is 49.9 Å². The van der Waals surface area contributed by atoms with Crippen molar-refractivity contribution in [3.05, 3.63) is 99.8 Å². The third-order valence-corrected chi connectivity index (χ3v) is 9.01. The molecule has 11 nitrogen and oxygen atoms in total. The summed E-state index contributed by atoms with van der Waals surface area (Å²) < 4.78 is 19.1. The second-order valence-corrected chi connectivity index (χ2v) is 13.0. The summed E-state index contributed by atoms with van der Waals surface area (Å²) in [4.78, 5) is 45.9. The average molecular weight is 659 g/mol. The molecule has 1 unspecified atom stereocenters. The van der Waals surface area contributed by atoms with Gasteiger partial charge in [-0.2, -0.15) is 0 Å². The van der Waals surface area contributed by atoms with Gasteiger partial charge in [0.2, 0.25) is 5.16 Å². The summed E-state index contributed by atoms with van der Waals surface area (Å²) in [5.74, 6) is 0. The zero-order chi connectivity index (χ0) is 32.4. The summed E-state index contributed by atoms with van der Waals surface area (Å²) in [7, 11) is -1.50. The SMILES string of the molecule is Cc1cncc(-c2ccc(-c3cc4cnc(S(C)=O)nc4n(CC4(O)CCN(C(=O)OCc5ccccc5)CC4)c3=O)c(Cl)c2)n1. The molecule has 13 heteroatoms. The van der Waals surface area contributed by atoms with E-state index in [2.05, 4.69) is 19.9 Å². The van der Waals surface area contributed by atoms with Crippen molar-refractivity contribution in [3.8, 4) is 22.4 Å². The number of halogens is 1. The van der Waals surface area contributed by atoms with E-state index in [1.165, 1.54) is 17.0 Å². The highest BCUT2D eigenvalue weighted by atomic mass is 35.5. The third-order valence-electron chi connectivity index (χ3n) is 7.98. The van der Waals surface area contributed by atoms with Gasteiger partial charge in [-0.25, -0.2) is 19.7 Å². The number of amides is 1. The zero-order valence-corrected chi connectivity index (χ0v) is 26.8. The maximum absolute atomic E-state index is 14.2. The van der Waals surface area contributed by atoms with Crippen LogP contribution in [-0.2, 0) is 28.7 Å². The number of hydrogen-bond donors (Lipinski definition) is 1. The second kappa shape index (κ2) is 13.1. The number of rotatable bonds is 7. The van der Waals surface area contributed by atoms with E-state index in [9.17, 15) is 18.9 Å². The van der Waals surface area contributed by atoms with Crippen LogP contribution in [0.1, 0.15) is 24.1 Å². The van der Waals surface area contributed by atoms with E-state index in [1.807, 2.05) is 43.3 Å². The fourth-order valence-electron chi connectivity index (χ4n) is 5.49. The number of aromatic nitrogens is 5. The quantitative estimate of drug-likeness (QED) is 0.245. The number of aliphatic hydroxyl groups is 1. The van der Waals surface area contributed by atoms with Crippen molar-refractivity contribution < 1.29 is 18.8 Å². The number of pyridine rings is 1. The molecule has 0 bridgehead atoms. The molecule has 1 saturated heterocycles. The Morgan fingerprint density at radius 3 is 2.50 bits per heavy atom. The van der Waals surface area contributed by atoms with Crippen LogP contribution in [0.25, 0.3) is 33.4 Å². The zero-order valence-electron chi connectivity index (χ0n) is 25.2. The molecule has 0 radical (unpaired) electrons. The molecule has 2 aromatic carbocycles. The Bertz CT molecular complexity index is 2010. The van der Waals surface area contributed by atoms with E-state index in [1.54, 1.807) is 35.5 Å². The van der Waals surface area contributed by atoms with Gasteiger partial charge in [-0.15, -0.1) is 0 Å². The first kappa shape index (κ1) is 31.5. The number of benzene rings is 2. The van der Waals surface area contributed by atoms with Crippen molar-refractivity contribution in [2.45, 2.75) is 43.7 Å². The van der Waals surface area contributed by atoms with Crippen LogP contribution in [0.2, 0.25) is 5.02 Å². The molecule has 1 amide bonds. The Morgan fingerprint density at radius 1 is 1.04 bits per heavy atom. The molecule has 3 aromatic heterocycles. The summed E-state index contributed by atoms with van der Waals surface area (Å²) in [5, 5.41) is 12.6. The van der Waals surface area contributed by atoms with Crippen molar-refractivity contribution in [1.29, 1.82) is 0 Å². The largest absolute Gasteiger partial charge is 0.445 e. The highest BCUT2D eigenvalue weighted by Gasteiger charge is 2.36. The maximum atomic E-state index is 14.2. The highest BCUT2D eigenvalue weighted by molar-refractivity contribution is 7.84. The standard InChI is InChI=1S/C33H31ClN6O5S/c1-21-16-35-18-28(37-21)23-8-9-25(27(34)15-23)26-14-24-17-36-31(46(2)44)38-29(24)40(30(26)41)20-33(43)10-12-39(13-11-33)32(42)45-19-22-6-4-3-5-7-22/h3-9,14-18,43H,10-13,19-20H2,1-2H3. The van der Waals surface area contributed by atoms with Gasteiger partial charge in [-0.3, -0.25) is 18.6 Å². The molecule has 5 aromatic rings. The second-order valence-electron chi connectivity index (χ2n) is 11.3. The van der Waals surface area contributed by atoms with Gasteiger partial charge in [0.15, 0.2) is 0 Å². The molecule has 1 fully saturated rings. The fourth-order valence-corrected chi connectivity index (χ4v) is 6.18. The van der Waals surface area contributed by atoms with Crippen LogP contribution in [0.15, 0.2) is 83.1 Å². The van der Waals surface area contributed by atoms with Crippen molar-refractivity contribution in [3.63, 3.8) is 0 Å². The number of nitrogens with zero attached hydrogens (tertiary/aromatic N) is 6. The molecule has 0 aliphatic carbocycles. The van der Waals surface area contributed by atoms with Gasteiger partial charge >= 0.3 is 6.09 Å². The summed E-state index contributed by atoms with van der Waals surface area (Å²) in [5.41, 5.74) is 2.29. The molecule has 236 valence electrons.